The number of aromatic nitrogens is 5. The SMILES string of the molecule is C#C[Si](C)(C)C.C#Cc1cccnc1NC1CC(=O)N(C2CCOCC2)C1.C[Si](C)(C)C#Cc1cccnc1NC1CC(=O)N(C2CCOCC2)C1.O=C1CC(Nc2ncccc2Br)CN1C1CCOCC1.O=C1CC(n2ccc3cccnc32)CN1C1CCOCC1. The number of pyridine rings is 4. The van der Waals surface area contributed by atoms with Crippen LogP contribution < -0.4 is 16.0 Å². The number of carbonyl (C=O) groups is 4. The van der Waals surface area contributed by atoms with Crippen molar-refractivity contribution >= 4 is 84.2 Å². The van der Waals surface area contributed by atoms with Gasteiger partial charge in [0, 0.05) is 165 Å². The van der Waals surface area contributed by atoms with Gasteiger partial charge < -0.3 is 59.1 Å². The van der Waals surface area contributed by atoms with Gasteiger partial charge in [0.15, 0.2) is 0 Å². The van der Waals surface area contributed by atoms with Crippen molar-refractivity contribution in [3.8, 4) is 35.8 Å². The van der Waals surface area contributed by atoms with Crippen LogP contribution in [0.2, 0.25) is 39.3 Å². The van der Waals surface area contributed by atoms with Crippen molar-refractivity contribution in [1.82, 2.24) is 44.1 Å². The summed E-state index contributed by atoms with van der Waals surface area (Å²) in [5.74, 6) is 9.13. The van der Waals surface area contributed by atoms with Crippen LogP contribution in [0.25, 0.3) is 11.0 Å². The number of fused-ring (bicyclic) bond motifs is 1. The lowest BCUT2D eigenvalue weighted by Gasteiger charge is -2.31. The Morgan fingerprint density at radius 3 is 1.28 bits per heavy atom. The van der Waals surface area contributed by atoms with Gasteiger partial charge in [0.25, 0.3) is 0 Å². The van der Waals surface area contributed by atoms with E-state index in [9.17, 15) is 19.2 Å². The van der Waals surface area contributed by atoms with Crippen LogP contribution in [-0.2, 0) is 38.1 Å². The number of hydrogen-bond acceptors (Lipinski definition) is 15. The number of nitrogens with zero attached hydrogens (tertiary/aromatic N) is 9. The summed E-state index contributed by atoms with van der Waals surface area (Å²) in [5.41, 5.74) is 8.76. The summed E-state index contributed by atoms with van der Waals surface area (Å²) < 4.78 is 24.6. The van der Waals surface area contributed by atoms with Gasteiger partial charge in [-0.05, 0) is 122 Å². The van der Waals surface area contributed by atoms with Gasteiger partial charge in [0.1, 0.15) is 39.2 Å². The highest BCUT2D eigenvalue weighted by Crippen LogP contribution is 2.32. The number of likely N-dealkylation sites (tertiary alicyclic amines) is 4. The highest BCUT2D eigenvalue weighted by atomic mass is 79.9. The Hall–Kier alpha value is -7.15. The molecule has 0 aliphatic carbocycles. The van der Waals surface area contributed by atoms with E-state index in [-0.39, 0.29) is 47.8 Å². The number of rotatable bonds is 11. The van der Waals surface area contributed by atoms with E-state index in [1.54, 1.807) is 18.6 Å². The number of terminal acetylenes is 2. The average Bonchev–Trinajstić information content (AvgIpc) is 1.68. The van der Waals surface area contributed by atoms with E-state index in [0.29, 0.717) is 62.2 Å². The van der Waals surface area contributed by atoms with Gasteiger partial charge in [-0.3, -0.25) is 19.2 Å². The molecule has 8 aliphatic heterocycles. The van der Waals surface area contributed by atoms with E-state index < -0.39 is 16.1 Å². The summed E-state index contributed by atoms with van der Waals surface area (Å²) in [6.07, 6.45) is 29.4. The first-order chi connectivity index (χ1) is 44.8. The quantitative estimate of drug-likeness (QED) is 0.0831. The van der Waals surface area contributed by atoms with Crippen LogP contribution in [0.15, 0.2) is 90.1 Å². The molecule has 4 unspecified atom stereocenters. The summed E-state index contributed by atoms with van der Waals surface area (Å²) in [4.78, 5) is 74.7. The zero-order chi connectivity index (χ0) is 65.9. The number of hydrogen-bond donors (Lipinski definition) is 3. The Balaban J connectivity index is 0.000000142. The minimum Gasteiger partial charge on any atom is -0.381 e. The van der Waals surface area contributed by atoms with Crippen LogP contribution in [0.4, 0.5) is 17.5 Å². The second-order valence-corrected chi connectivity index (χ2v) is 37.3. The molecule has 5 aromatic rings. The molecule has 0 spiro atoms. The van der Waals surface area contributed by atoms with Gasteiger partial charge in [-0.1, -0.05) is 51.1 Å². The average molecular weight is 1370 g/mol. The van der Waals surface area contributed by atoms with Gasteiger partial charge >= 0.3 is 0 Å². The first kappa shape index (κ1) is 70.2. The molecule has 20 nitrogen and oxygen atoms in total. The third-order valence-corrected chi connectivity index (χ3v) is 19.9. The molecule has 0 aromatic carbocycles. The predicted molar refractivity (Wildman–Crippen MR) is 372 cm³/mol. The lowest BCUT2D eigenvalue weighted by atomic mass is 10.1. The molecular formula is C70H93BrN12O8Si2. The second kappa shape index (κ2) is 33.8. The second-order valence-electron chi connectivity index (χ2n) is 26.9. The van der Waals surface area contributed by atoms with Crippen molar-refractivity contribution in [3.05, 3.63) is 101 Å². The van der Waals surface area contributed by atoms with E-state index in [0.717, 1.165) is 162 Å². The zero-order valence-corrected chi connectivity index (χ0v) is 58.6. The number of halogens is 1. The van der Waals surface area contributed by atoms with E-state index in [4.69, 9.17) is 31.8 Å². The number of ether oxygens (including phenoxy) is 4. The molecule has 13 rings (SSSR count). The molecule has 0 saturated carbocycles. The highest BCUT2D eigenvalue weighted by Gasteiger charge is 2.39. The van der Waals surface area contributed by atoms with Crippen LogP contribution in [0.1, 0.15) is 94.2 Å². The first-order valence-electron chi connectivity index (χ1n) is 33.0. The normalized spacial score (nSPS) is 22.4. The van der Waals surface area contributed by atoms with Crippen molar-refractivity contribution in [2.45, 2.75) is 165 Å². The summed E-state index contributed by atoms with van der Waals surface area (Å²) in [5, 5.41) is 11.3. The highest BCUT2D eigenvalue weighted by molar-refractivity contribution is 9.10. The Bertz CT molecular complexity index is 3460. The minimum atomic E-state index is -1.44. The third-order valence-electron chi connectivity index (χ3n) is 17.6. The van der Waals surface area contributed by atoms with Crippen LogP contribution in [-0.4, -0.2) is 205 Å². The molecule has 8 fully saturated rings. The Kier molecular flexibility index (Phi) is 25.5. The van der Waals surface area contributed by atoms with Crippen molar-refractivity contribution in [2.75, 3.05) is 95.0 Å². The van der Waals surface area contributed by atoms with E-state index in [2.05, 4.69) is 142 Å². The Morgan fingerprint density at radius 1 is 0.473 bits per heavy atom. The molecule has 8 saturated heterocycles. The maximum Gasteiger partial charge on any atom is 0.225 e. The summed E-state index contributed by atoms with van der Waals surface area (Å²) >= 11 is 3.47. The molecule has 13 heterocycles. The van der Waals surface area contributed by atoms with Gasteiger partial charge in [0.2, 0.25) is 23.6 Å². The molecule has 23 heteroatoms. The van der Waals surface area contributed by atoms with Crippen molar-refractivity contribution in [3.63, 3.8) is 0 Å². The Labute approximate surface area is 559 Å². The fourth-order valence-electron chi connectivity index (χ4n) is 12.6. The Morgan fingerprint density at radius 2 is 0.849 bits per heavy atom. The summed E-state index contributed by atoms with van der Waals surface area (Å²) in [7, 11) is -2.55. The van der Waals surface area contributed by atoms with Crippen LogP contribution in [0.5, 0.6) is 0 Å². The molecule has 496 valence electrons. The fraction of sp³-hybridized carbons (Fsp3) is 0.543. The number of carbonyl (C=O) groups excluding carboxylic acids is 4. The van der Waals surface area contributed by atoms with Gasteiger partial charge in [-0.25, -0.2) is 19.9 Å². The predicted octanol–water partition coefficient (Wildman–Crippen LogP) is 9.28. The molecule has 4 atom stereocenters. The molecule has 8 aliphatic rings. The van der Waals surface area contributed by atoms with E-state index in [1.807, 2.05) is 63.4 Å². The molecule has 93 heavy (non-hydrogen) atoms. The lowest BCUT2D eigenvalue weighted by molar-refractivity contribution is -0.132. The fourth-order valence-corrected chi connectivity index (χ4v) is 13.5. The van der Waals surface area contributed by atoms with Crippen molar-refractivity contribution in [1.29, 1.82) is 0 Å². The first-order valence-corrected chi connectivity index (χ1v) is 40.8. The molecule has 0 radical (unpaired) electrons. The van der Waals surface area contributed by atoms with Gasteiger partial charge in [-0.2, -0.15) is 0 Å². The van der Waals surface area contributed by atoms with Crippen LogP contribution >= 0.6 is 15.9 Å². The minimum absolute atomic E-state index is 0.0716. The molecule has 0 bridgehead atoms. The monoisotopic (exact) mass is 1360 g/mol. The maximum absolute atomic E-state index is 12.4. The number of nitrogens with one attached hydrogen (secondary N) is 3. The smallest absolute Gasteiger partial charge is 0.225 e. The zero-order valence-electron chi connectivity index (χ0n) is 55.0. The molecule has 4 amide bonds. The lowest BCUT2D eigenvalue weighted by Crippen LogP contribution is -2.41. The van der Waals surface area contributed by atoms with E-state index in [1.165, 1.54) is 0 Å². The molecular weight excluding hydrogens is 1270 g/mol. The maximum atomic E-state index is 12.4. The standard InChI is InChI=1S/C19H27N3O2Si.2C16H19N3O2.C14H18BrN3O2.C5H10Si/c1-25(2,3)12-8-15-5-4-9-20-19(15)21-16-13-18(23)22(14-16)17-6-10-24-11-7-17;20-15-10-14(11-19(15)13-4-8-21-9-5-13)18-7-3-12-2-1-6-17-16(12)18;1-2-12-4-3-7-17-16(12)18-13-10-15(20)19(11-13)14-5-8-21-9-6-14;15-12-2-1-5-16-14(12)17-10-8-13(19)18(9-10)11-3-6-20-7-4-11;1-5-6(2,3)4/h4-5,9,16-17H,6-7,10-11,13-14H2,1-3H3,(H,20,21);1-3,6-7,13-14H,4-5,8-11H2;1,3-4,7,13-14H,5-6,8-11H2,(H,17,18);1-2,5,10-11H,3-4,6-9H2,(H,16,17);1H,2-4H3. The van der Waals surface area contributed by atoms with Crippen molar-refractivity contribution < 1.29 is 38.1 Å². The number of anilines is 3. The van der Waals surface area contributed by atoms with Gasteiger partial charge in [-0.15, -0.1) is 23.9 Å². The van der Waals surface area contributed by atoms with Crippen LogP contribution in [0.3, 0.4) is 0 Å². The molecule has 5 aromatic heterocycles. The van der Waals surface area contributed by atoms with Crippen LogP contribution in [0, 0.1) is 35.8 Å². The largest absolute Gasteiger partial charge is 0.381 e. The summed E-state index contributed by atoms with van der Waals surface area (Å²) in [6.45, 7) is 22.2. The van der Waals surface area contributed by atoms with Crippen molar-refractivity contribution in [2.24, 2.45) is 0 Å². The van der Waals surface area contributed by atoms with Gasteiger partial charge in [0.05, 0.1) is 39.8 Å². The number of amides is 4. The summed E-state index contributed by atoms with van der Waals surface area (Å²) in [6, 6.07) is 19.3. The molecule has 3 N–H and O–H groups in total. The van der Waals surface area contributed by atoms with E-state index >= 15 is 0 Å². The topological polar surface area (TPSA) is 211 Å². The third kappa shape index (κ3) is 20.4.